The highest BCUT2D eigenvalue weighted by Gasteiger charge is 2.25. The maximum absolute atomic E-state index is 12.9. The molecule has 0 bridgehead atoms. The zero-order valence-corrected chi connectivity index (χ0v) is 16.9. The van der Waals surface area contributed by atoms with E-state index in [0.29, 0.717) is 5.56 Å². The molecule has 1 saturated heterocycles. The Morgan fingerprint density at radius 2 is 1.62 bits per heavy atom. The highest BCUT2D eigenvalue weighted by molar-refractivity contribution is 6.45. The minimum atomic E-state index is -0.540. The maximum Gasteiger partial charge on any atom is 0.292 e. The Morgan fingerprint density at radius 1 is 0.931 bits per heavy atom. The van der Waals surface area contributed by atoms with Crippen molar-refractivity contribution < 1.29 is 14.4 Å². The van der Waals surface area contributed by atoms with Gasteiger partial charge in [-0.05, 0) is 38.2 Å². The van der Waals surface area contributed by atoms with Crippen LogP contribution in [0.3, 0.4) is 0 Å². The Morgan fingerprint density at radius 3 is 2.38 bits per heavy atom. The number of carbonyl (C=O) groups is 3. The number of para-hydroxylation sites is 1. The number of benzene rings is 1. The van der Waals surface area contributed by atoms with Crippen LogP contribution in [-0.2, 0) is 16.1 Å². The Labute approximate surface area is 171 Å². The number of nitrogens with one attached hydrogen (secondary N) is 1. The van der Waals surface area contributed by atoms with Gasteiger partial charge >= 0.3 is 0 Å². The molecule has 2 fully saturated rings. The molecule has 154 valence electrons. The Hall–Kier alpha value is -2.63. The molecule has 0 unspecified atom stereocenters. The van der Waals surface area contributed by atoms with E-state index in [1.165, 1.54) is 12.8 Å². The number of rotatable bonds is 5. The number of ketones is 1. The Bertz CT molecular complexity index is 905. The zero-order valence-electron chi connectivity index (χ0n) is 16.9. The van der Waals surface area contributed by atoms with Crippen molar-refractivity contribution in [2.75, 3.05) is 13.1 Å². The maximum atomic E-state index is 12.9. The lowest BCUT2D eigenvalue weighted by Gasteiger charge is -2.27. The average molecular weight is 396 g/mol. The summed E-state index contributed by atoms with van der Waals surface area (Å²) in [5, 5.41) is 3.64. The predicted molar refractivity (Wildman–Crippen MR) is 112 cm³/mol. The third kappa shape index (κ3) is 4.36. The molecule has 2 aromatic rings. The summed E-state index contributed by atoms with van der Waals surface area (Å²) >= 11 is 0. The Kier molecular flexibility index (Phi) is 5.97. The molecule has 6 nitrogen and oxygen atoms in total. The van der Waals surface area contributed by atoms with Gasteiger partial charge < -0.3 is 14.8 Å². The molecule has 1 aromatic carbocycles. The lowest BCUT2D eigenvalue weighted by Crippen LogP contribution is -2.40. The molecule has 1 aromatic heterocycles. The molecule has 6 heteroatoms. The van der Waals surface area contributed by atoms with Crippen molar-refractivity contribution >= 4 is 28.5 Å². The minimum Gasteiger partial charge on any atom is -0.346 e. The van der Waals surface area contributed by atoms with Crippen LogP contribution in [0.25, 0.3) is 10.9 Å². The van der Waals surface area contributed by atoms with Crippen LogP contribution in [-0.4, -0.2) is 46.2 Å². The van der Waals surface area contributed by atoms with Crippen LogP contribution < -0.4 is 5.32 Å². The van der Waals surface area contributed by atoms with E-state index < -0.39 is 11.7 Å². The van der Waals surface area contributed by atoms with E-state index in [4.69, 9.17) is 0 Å². The number of Topliss-reactive ketones (excluding diaryl/α,β-unsaturated/α-hetero) is 1. The SMILES string of the molecule is O=C(NC1CCCCC1)C(=O)c1cn(CC(=O)N2CCCCC2)c2ccccc12. The van der Waals surface area contributed by atoms with E-state index in [9.17, 15) is 14.4 Å². The quantitative estimate of drug-likeness (QED) is 0.624. The molecule has 2 heterocycles. The van der Waals surface area contributed by atoms with E-state index in [0.717, 1.165) is 62.5 Å². The molecule has 2 aliphatic rings. The monoisotopic (exact) mass is 395 g/mol. The summed E-state index contributed by atoms with van der Waals surface area (Å²) in [4.78, 5) is 40.1. The topological polar surface area (TPSA) is 71.4 Å². The highest BCUT2D eigenvalue weighted by Crippen LogP contribution is 2.23. The van der Waals surface area contributed by atoms with Gasteiger partial charge in [-0.3, -0.25) is 14.4 Å². The number of likely N-dealkylation sites (tertiary alicyclic amines) is 1. The lowest BCUT2D eigenvalue weighted by molar-refractivity contribution is -0.132. The van der Waals surface area contributed by atoms with Gasteiger partial charge in [0.2, 0.25) is 5.91 Å². The highest BCUT2D eigenvalue weighted by atomic mass is 16.2. The van der Waals surface area contributed by atoms with Crippen molar-refractivity contribution in [2.45, 2.75) is 64.0 Å². The molecule has 1 aliphatic heterocycles. The van der Waals surface area contributed by atoms with Gasteiger partial charge in [0.1, 0.15) is 6.54 Å². The van der Waals surface area contributed by atoms with Gasteiger partial charge in [0.05, 0.1) is 5.56 Å². The lowest BCUT2D eigenvalue weighted by atomic mass is 9.95. The van der Waals surface area contributed by atoms with E-state index in [1.54, 1.807) is 6.20 Å². The molecule has 29 heavy (non-hydrogen) atoms. The van der Waals surface area contributed by atoms with E-state index in [2.05, 4.69) is 5.32 Å². The van der Waals surface area contributed by atoms with Crippen molar-refractivity contribution in [1.29, 1.82) is 0 Å². The first kappa shape index (κ1) is 19.7. The smallest absolute Gasteiger partial charge is 0.292 e. The van der Waals surface area contributed by atoms with Gasteiger partial charge in [-0.25, -0.2) is 0 Å². The molecule has 4 rings (SSSR count). The summed E-state index contributed by atoms with van der Waals surface area (Å²) in [6.07, 6.45) is 10.2. The first-order valence-electron chi connectivity index (χ1n) is 10.8. The molecule has 1 aliphatic carbocycles. The van der Waals surface area contributed by atoms with Crippen LogP contribution in [0.5, 0.6) is 0 Å². The van der Waals surface area contributed by atoms with Crippen molar-refractivity contribution in [2.24, 2.45) is 0 Å². The minimum absolute atomic E-state index is 0.0658. The van der Waals surface area contributed by atoms with Gasteiger partial charge in [0.25, 0.3) is 11.7 Å². The van der Waals surface area contributed by atoms with Crippen LogP contribution in [0.2, 0.25) is 0 Å². The first-order valence-corrected chi connectivity index (χ1v) is 10.8. The summed E-state index contributed by atoms with van der Waals surface area (Å²) in [5.41, 5.74) is 1.19. The summed E-state index contributed by atoms with van der Waals surface area (Å²) in [6, 6.07) is 7.58. The van der Waals surface area contributed by atoms with E-state index >= 15 is 0 Å². The number of nitrogens with zero attached hydrogens (tertiary/aromatic N) is 2. The Balaban J connectivity index is 1.54. The van der Waals surface area contributed by atoms with Gasteiger partial charge in [0.15, 0.2) is 0 Å². The fraction of sp³-hybridized carbons (Fsp3) is 0.522. The summed E-state index contributed by atoms with van der Waals surface area (Å²) in [5.74, 6) is -0.991. The number of amides is 2. The van der Waals surface area contributed by atoms with Crippen LogP contribution in [0.15, 0.2) is 30.5 Å². The second kappa shape index (κ2) is 8.80. The normalized spacial score (nSPS) is 18.0. The molecular weight excluding hydrogens is 366 g/mol. The van der Waals surface area contributed by atoms with E-state index in [1.807, 2.05) is 33.7 Å². The number of fused-ring (bicyclic) bond motifs is 1. The number of aromatic nitrogens is 1. The van der Waals surface area contributed by atoms with Crippen LogP contribution >= 0.6 is 0 Å². The third-order valence-corrected chi connectivity index (χ3v) is 6.19. The van der Waals surface area contributed by atoms with Gasteiger partial charge in [-0.2, -0.15) is 0 Å². The van der Waals surface area contributed by atoms with Crippen LogP contribution in [0.4, 0.5) is 0 Å². The average Bonchev–Trinajstić information content (AvgIpc) is 3.13. The molecule has 0 spiro atoms. The molecule has 1 saturated carbocycles. The molecule has 0 radical (unpaired) electrons. The van der Waals surface area contributed by atoms with Crippen molar-refractivity contribution in [3.05, 3.63) is 36.0 Å². The van der Waals surface area contributed by atoms with Crippen LogP contribution in [0, 0.1) is 0 Å². The molecule has 1 N–H and O–H groups in total. The van der Waals surface area contributed by atoms with Crippen molar-refractivity contribution in [1.82, 2.24) is 14.8 Å². The molecule has 0 atom stereocenters. The van der Waals surface area contributed by atoms with Gasteiger partial charge in [-0.1, -0.05) is 37.5 Å². The van der Waals surface area contributed by atoms with Crippen LogP contribution in [0.1, 0.15) is 61.7 Å². The summed E-state index contributed by atoms with van der Waals surface area (Å²) < 4.78 is 1.81. The van der Waals surface area contributed by atoms with E-state index in [-0.39, 0.29) is 18.5 Å². The number of carbonyl (C=O) groups excluding carboxylic acids is 3. The summed E-state index contributed by atoms with van der Waals surface area (Å²) in [7, 11) is 0. The second-order valence-corrected chi connectivity index (χ2v) is 8.27. The number of piperidine rings is 1. The third-order valence-electron chi connectivity index (χ3n) is 6.19. The van der Waals surface area contributed by atoms with Crippen molar-refractivity contribution in [3.8, 4) is 0 Å². The zero-order chi connectivity index (χ0) is 20.2. The number of hydrogen-bond acceptors (Lipinski definition) is 3. The molecular formula is C23H29N3O3. The fourth-order valence-electron chi connectivity index (χ4n) is 4.57. The van der Waals surface area contributed by atoms with Crippen molar-refractivity contribution in [3.63, 3.8) is 0 Å². The number of hydrogen-bond donors (Lipinski definition) is 1. The molecule has 2 amide bonds. The fourth-order valence-corrected chi connectivity index (χ4v) is 4.57. The largest absolute Gasteiger partial charge is 0.346 e. The predicted octanol–water partition coefficient (Wildman–Crippen LogP) is 3.29. The van der Waals surface area contributed by atoms with Gasteiger partial charge in [-0.15, -0.1) is 0 Å². The first-order chi connectivity index (χ1) is 14.1. The standard InChI is InChI=1S/C23H29N3O3/c27-21(25-13-7-2-8-14-25)16-26-15-19(18-11-5-6-12-20(18)26)22(28)23(29)24-17-9-3-1-4-10-17/h5-6,11-12,15,17H,1-4,7-10,13-14,16H2,(H,24,29). The van der Waals surface area contributed by atoms with Gasteiger partial charge in [0, 0.05) is 36.2 Å². The second-order valence-electron chi connectivity index (χ2n) is 8.27. The summed E-state index contributed by atoms with van der Waals surface area (Å²) in [6.45, 7) is 1.79.